The smallest absolute Gasteiger partial charge is 0.254 e. The molecule has 1 amide bonds. The normalized spacial score (nSPS) is 10.2. The molecule has 3 aromatic rings. The predicted molar refractivity (Wildman–Crippen MR) is 98.6 cm³/mol. The lowest BCUT2D eigenvalue weighted by atomic mass is 10.2. The van der Waals surface area contributed by atoms with Gasteiger partial charge in [-0.2, -0.15) is 0 Å². The average Bonchev–Trinajstić information content (AvgIpc) is 2.59. The number of phenolic OH excluding ortho intramolecular Hbond substituents is 1. The molecule has 0 aliphatic carbocycles. The number of carbonyl (C=O) groups excluding carboxylic acids is 1. The van der Waals surface area contributed by atoms with Gasteiger partial charge in [-0.3, -0.25) is 9.78 Å². The summed E-state index contributed by atoms with van der Waals surface area (Å²) in [6, 6.07) is 11.7. The van der Waals surface area contributed by atoms with E-state index < -0.39 is 28.9 Å². The first-order chi connectivity index (χ1) is 11.8. The van der Waals surface area contributed by atoms with Gasteiger partial charge in [0.2, 0.25) is 0 Å². The van der Waals surface area contributed by atoms with E-state index in [9.17, 15) is 13.6 Å². The molecule has 1 heterocycles. The molecule has 3 N–H and O–H groups in total. The van der Waals surface area contributed by atoms with Gasteiger partial charge in [-0.25, -0.2) is 8.78 Å². The second kappa shape index (κ2) is 8.35. The van der Waals surface area contributed by atoms with E-state index in [-0.39, 0.29) is 0 Å². The number of phenols is 1. The topological polar surface area (TPSA) is 76.2 Å². The SMILES string of the molecule is BrCc1ccc2c(Br)cccc2n1.NC(=O)c1c(F)ccc(O)c1F. The summed E-state index contributed by atoms with van der Waals surface area (Å²) in [6.45, 7) is 0. The third kappa shape index (κ3) is 4.52. The first kappa shape index (κ1) is 19.3. The van der Waals surface area contributed by atoms with Gasteiger partial charge in [0.1, 0.15) is 11.4 Å². The Hall–Kier alpha value is -2.06. The Kier molecular flexibility index (Phi) is 6.44. The highest BCUT2D eigenvalue weighted by molar-refractivity contribution is 9.10. The maximum atomic E-state index is 12.7. The number of aromatic nitrogens is 1. The highest BCUT2D eigenvalue weighted by Gasteiger charge is 2.17. The van der Waals surface area contributed by atoms with Crippen LogP contribution in [0.1, 0.15) is 16.1 Å². The van der Waals surface area contributed by atoms with Gasteiger partial charge in [0.15, 0.2) is 11.6 Å². The van der Waals surface area contributed by atoms with E-state index in [4.69, 9.17) is 5.11 Å². The zero-order valence-corrected chi connectivity index (χ0v) is 15.8. The number of halogens is 4. The summed E-state index contributed by atoms with van der Waals surface area (Å²) in [5.41, 5.74) is 5.83. The summed E-state index contributed by atoms with van der Waals surface area (Å²) >= 11 is 6.88. The Balaban J connectivity index is 0.000000181. The van der Waals surface area contributed by atoms with Crippen LogP contribution < -0.4 is 5.73 Å². The number of benzene rings is 2. The maximum Gasteiger partial charge on any atom is 0.254 e. The fraction of sp³-hybridized carbons (Fsp3) is 0.0588. The molecule has 25 heavy (non-hydrogen) atoms. The van der Waals surface area contributed by atoms with E-state index in [2.05, 4.69) is 48.6 Å². The molecular weight excluding hydrogens is 462 g/mol. The molecule has 0 aliphatic heterocycles. The minimum Gasteiger partial charge on any atom is -0.505 e. The average molecular weight is 474 g/mol. The van der Waals surface area contributed by atoms with Gasteiger partial charge < -0.3 is 10.8 Å². The van der Waals surface area contributed by atoms with Crippen LogP contribution in [0.3, 0.4) is 0 Å². The van der Waals surface area contributed by atoms with Crippen molar-refractivity contribution < 1.29 is 18.7 Å². The summed E-state index contributed by atoms with van der Waals surface area (Å²) in [4.78, 5) is 14.9. The van der Waals surface area contributed by atoms with Crippen LogP contribution in [-0.2, 0) is 5.33 Å². The minimum atomic E-state index is -1.33. The van der Waals surface area contributed by atoms with Crippen molar-refractivity contribution in [2.24, 2.45) is 5.73 Å². The van der Waals surface area contributed by atoms with Crippen molar-refractivity contribution in [1.82, 2.24) is 4.98 Å². The molecule has 2 aromatic carbocycles. The van der Waals surface area contributed by atoms with E-state index in [0.717, 1.165) is 38.5 Å². The van der Waals surface area contributed by atoms with Crippen LogP contribution in [0.2, 0.25) is 0 Å². The third-order valence-electron chi connectivity index (χ3n) is 3.19. The number of amides is 1. The quantitative estimate of drug-likeness (QED) is 0.531. The van der Waals surface area contributed by atoms with Crippen LogP contribution in [-0.4, -0.2) is 16.0 Å². The Morgan fingerprint density at radius 3 is 2.48 bits per heavy atom. The molecular formula is C17H12Br2F2N2O2. The monoisotopic (exact) mass is 472 g/mol. The van der Waals surface area contributed by atoms with Crippen LogP contribution in [0.25, 0.3) is 10.9 Å². The van der Waals surface area contributed by atoms with Crippen molar-refractivity contribution in [3.63, 3.8) is 0 Å². The molecule has 0 atom stereocenters. The van der Waals surface area contributed by atoms with Crippen molar-refractivity contribution in [2.45, 2.75) is 5.33 Å². The summed E-state index contributed by atoms with van der Waals surface area (Å²) in [5.74, 6) is -4.47. The number of carbonyl (C=O) groups is 1. The Morgan fingerprint density at radius 1 is 1.16 bits per heavy atom. The molecule has 130 valence electrons. The maximum absolute atomic E-state index is 12.7. The summed E-state index contributed by atoms with van der Waals surface area (Å²) in [6.07, 6.45) is 0. The van der Waals surface area contributed by atoms with Gasteiger partial charge in [-0.05, 0) is 36.4 Å². The zero-order valence-electron chi connectivity index (χ0n) is 12.6. The number of nitrogens with zero attached hydrogens (tertiary/aromatic N) is 1. The number of aromatic hydroxyl groups is 1. The van der Waals surface area contributed by atoms with Gasteiger partial charge in [-0.1, -0.05) is 37.9 Å². The molecule has 0 fully saturated rings. The Labute approximate surface area is 158 Å². The molecule has 0 spiro atoms. The molecule has 0 saturated heterocycles. The first-order valence-corrected chi connectivity index (χ1v) is 8.83. The summed E-state index contributed by atoms with van der Waals surface area (Å²) in [7, 11) is 0. The molecule has 4 nitrogen and oxygen atoms in total. The second-order valence-corrected chi connectivity index (χ2v) is 6.28. The van der Waals surface area contributed by atoms with Gasteiger partial charge in [0.05, 0.1) is 11.2 Å². The second-order valence-electron chi connectivity index (χ2n) is 4.86. The largest absolute Gasteiger partial charge is 0.505 e. The van der Waals surface area contributed by atoms with Gasteiger partial charge in [-0.15, -0.1) is 0 Å². The highest BCUT2D eigenvalue weighted by atomic mass is 79.9. The fourth-order valence-corrected chi connectivity index (χ4v) is 2.80. The molecule has 0 unspecified atom stereocenters. The van der Waals surface area contributed by atoms with E-state index in [1.165, 1.54) is 0 Å². The number of nitrogens with two attached hydrogens (primary N) is 1. The zero-order chi connectivity index (χ0) is 18.6. The minimum absolute atomic E-state index is 0.762. The molecule has 1 aromatic heterocycles. The number of fused-ring (bicyclic) bond motifs is 1. The van der Waals surface area contributed by atoms with E-state index >= 15 is 0 Å². The highest BCUT2D eigenvalue weighted by Crippen LogP contribution is 2.23. The van der Waals surface area contributed by atoms with Crippen molar-refractivity contribution >= 4 is 48.7 Å². The standard InChI is InChI=1S/C10H7Br2N.C7H5F2NO2/c11-6-7-4-5-8-9(12)2-1-3-10(8)13-7;8-3-1-2-4(11)6(9)5(3)7(10)12/h1-5H,6H2;1-2,11H,(H2,10,12). The number of primary amides is 1. The van der Waals surface area contributed by atoms with E-state index in [0.29, 0.717) is 0 Å². The number of hydrogen-bond acceptors (Lipinski definition) is 3. The number of rotatable bonds is 2. The Morgan fingerprint density at radius 2 is 1.88 bits per heavy atom. The first-order valence-electron chi connectivity index (χ1n) is 6.92. The van der Waals surface area contributed by atoms with Crippen molar-refractivity contribution in [1.29, 1.82) is 0 Å². The molecule has 0 bridgehead atoms. The van der Waals surface area contributed by atoms with Crippen LogP contribution in [0.4, 0.5) is 8.78 Å². The van der Waals surface area contributed by atoms with Gasteiger partial charge in [0.25, 0.3) is 5.91 Å². The Bertz CT molecular complexity index is 936. The number of alkyl halides is 1. The van der Waals surface area contributed by atoms with Crippen molar-refractivity contribution in [3.05, 3.63) is 69.8 Å². The van der Waals surface area contributed by atoms with Gasteiger partial charge >= 0.3 is 0 Å². The molecule has 3 rings (SSSR count). The van der Waals surface area contributed by atoms with Crippen LogP contribution in [0.5, 0.6) is 5.75 Å². The van der Waals surface area contributed by atoms with E-state index in [1.54, 1.807) is 0 Å². The van der Waals surface area contributed by atoms with Crippen LogP contribution in [0.15, 0.2) is 46.9 Å². The van der Waals surface area contributed by atoms with Crippen LogP contribution >= 0.6 is 31.9 Å². The fourth-order valence-electron chi connectivity index (χ4n) is 2.00. The predicted octanol–water partition coefficient (Wildman–Crippen LogP) is 4.66. The molecule has 0 radical (unpaired) electrons. The lowest BCUT2D eigenvalue weighted by molar-refractivity contribution is 0.0991. The number of hydrogen-bond donors (Lipinski definition) is 2. The van der Waals surface area contributed by atoms with Gasteiger partial charge in [0, 0.05) is 15.2 Å². The van der Waals surface area contributed by atoms with E-state index in [1.807, 2.05) is 24.3 Å². The summed E-state index contributed by atoms with van der Waals surface area (Å²) < 4.78 is 26.4. The third-order valence-corrected chi connectivity index (χ3v) is 4.46. The lowest BCUT2D eigenvalue weighted by Gasteiger charge is -2.01. The van der Waals surface area contributed by atoms with Crippen molar-refractivity contribution in [2.75, 3.05) is 0 Å². The van der Waals surface area contributed by atoms with Crippen LogP contribution in [0, 0.1) is 11.6 Å². The van der Waals surface area contributed by atoms with Crippen molar-refractivity contribution in [3.8, 4) is 5.75 Å². The lowest BCUT2D eigenvalue weighted by Crippen LogP contribution is -2.15. The molecule has 0 saturated carbocycles. The summed E-state index contributed by atoms with van der Waals surface area (Å²) in [5, 5.41) is 10.7. The number of pyridine rings is 1. The molecule has 8 heteroatoms. The molecule has 0 aliphatic rings.